The molecule has 312 valence electrons. The molecule has 62 heavy (non-hydrogen) atoms. The zero-order valence-corrected chi connectivity index (χ0v) is 37.1. The van der Waals surface area contributed by atoms with Gasteiger partial charge in [-0.2, -0.15) is 0 Å². The smallest absolute Gasteiger partial charge is 0.100 e. The molecule has 5 unspecified atom stereocenters. The molecule has 5 atom stereocenters. The Hall–Kier alpha value is -4.92. The Bertz CT molecular complexity index is 2710. The lowest BCUT2D eigenvalue weighted by atomic mass is 9.48. The van der Waals surface area contributed by atoms with Gasteiger partial charge in [0, 0.05) is 22.5 Å². The molecule has 0 saturated heterocycles. The van der Waals surface area contributed by atoms with E-state index in [-0.39, 0.29) is 16.6 Å². The number of rotatable bonds is 5. The van der Waals surface area contributed by atoms with Crippen molar-refractivity contribution in [3.8, 4) is 33.4 Å². The molecule has 7 aliphatic carbocycles. The predicted molar refractivity (Wildman–Crippen MR) is 255 cm³/mol. The number of benzene rings is 6. The molecule has 6 fully saturated rings. The van der Waals surface area contributed by atoms with Gasteiger partial charge in [0.05, 0.1) is 0 Å². The molecular weight excluding hydrogens is 751 g/mol. The molecule has 0 aromatic heterocycles. The second kappa shape index (κ2) is 13.5. The van der Waals surface area contributed by atoms with Crippen LogP contribution in [-0.4, -0.2) is 0 Å². The number of hydrogen-bond acceptors (Lipinski definition) is 2. The molecule has 2 heteroatoms. The fraction of sp³-hybridized carbons (Fsp3) is 0.400. The summed E-state index contributed by atoms with van der Waals surface area (Å²) in [5.41, 5.74) is 16.9. The molecule has 2 spiro atoms. The van der Waals surface area contributed by atoms with Gasteiger partial charge in [-0.25, -0.2) is 0 Å². The highest BCUT2D eigenvalue weighted by atomic mass is 16.5. The van der Waals surface area contributed by atoms with E-state index in [1.807, 2.05) is 0 Å². The van der Waals surface area contributed by atoms with E-state index in [2.05, 4.69) is 172 Å². The third-order valence-electron chi connectivity index (χ3n) is 18.1. The van der Waals surface area contributed by atoms with Crippen LogP contribution in [0.2, 0.25) is 0 Å². The summed E-state index contributed by atoms with van der Waals surface area (Å²) >= 11 is 0. The molecule has 6 aromatic carbocycles. The van der Waals surface area contributed by atoms with Gasteiger partial charge in [0.15, 0.2) is 0 Å². The average molecular weight is 812 g/mol. The SMILES string of the molecule is CC1CC2CC(C)C3(OC4(c5ccc(-c6cccc(N(c7cccc(-c8ccccc8)c7)c7ccc8c(c7)C(C)(C)c7ccccc7-8)c6)cc53)C3CC5CC(C3)CC4C5)C(C1)C2. The monoisotopic (exact) mass is 811 g/mol. The van der Waals surface area contributed by atoms with Gasteiger partial charge in [-0.1, -0.05) is 125 Å². The van der Waals surface area contributed by atoms with Crippen LogP contribution in [0.4, 0.5) is 17.1 Å². The molecule has 8 aliphatic rings. The highest BCUT2D eigenvalue weighted by molar-refractivity contribution is 5.87. The fourth-order valence-corrected chi connectivity index (χ4v) is 15.9. The van der Waals surface area contributed by atoms with Crippen molar-refractivity contribution in [3.05, 3.63) is 162 Å². The first-order chi connectivity index (χ1) is 30.2. The maximum Gasteiger partial charge on any atom is 0.100 e. The summed E-state index contributed by atoms with van der Waals surface area (Å²) in [4.78, 5) is 2.50. The van der Waals surface area contributed by atoms with E-state index in [0.717, 1.165) is 23.7 Å². The number of anilines is 3. The predicted octanol–water partition coefficient (Wildman–Crippen LogP) is 15.8. The minimum atomic E-state index is -0.192. The maximum absolute atomic E-state index is 8.26. The molecule has 1 heterocycles. The number of fused-ring (bicyclic) bond motifs is 8. The normalized spacial score (nSPS) is 32.8. The quantitative estimate of drug-likeness (QED) is 0.172. The van der Waals surface area contributed by atoms with Crippen LogP contribution in [0.15, 0.2) is 140 Å². The summed E-state index contributed by atoms with van der Waals surface area (Å²) in [6, 6.07) is 53.3. The first-order valence-corrected chi connectivity index (χ1v) is 24.3. The second-order valence-corrected chi connectivity index (χ2v) is 22.0. The lowest BCUT2D eigenvalue weighted by Gasteiger charge is -2.62. The van der Waals surface area contributed by atoms with Crippen molar-refractivity contribution in [2.24, 2.45) is 47.3 Å². The fourth-order valence-electron chi connectivity index (χ4n) is 15.9. The molecule has 0 radical (unpaired) electrons. The summed E-state index contributed by atoms with van der Waals surface area (Å²) in [5.74, 6) is 5.91. The zero-order chi connectivity index (χ0) is 41.5. The van der Waals surface area contributed by atoms with Crippen molar-refractivity contribution >= 4 is 17.1 Å². The van der Waals surface area contributed by atoms with E-state index in [4.69, 9.17) is 4.74 Å². The van der Waals surface area contributed by atoms with E-state index in [9.17, 15) is 0 Å². The van der Waals surface area contributed by atoms with Gasteiger partial charge in [-0.05, 0) is 203 Å². The third-order valence-corrected chi connectivity index (χ3v) is 18.1. The molecule has 0 N–H and O–H groups in total. The van der Waals surface area contributed by atoms with Gasteiger partial charge < -0.3 is 9.64 Å². The van der Waals surface area contributed by atoms with Crippen molar-refractivity contribution in [1.82, 2.24) is 0 Å². The Morgan fingerprint density at radius 2 is 1.00 bits per heavy atom. The molecule has 6 aromatic rings. The van der Waals surface area contributed by atoms with Crippen LogP contribution in [0.1, 0.15) is 108 Å². The average Bonchev–Trinajstić information content (AvgIpc) is 3.72. The van der Waals surface area contributed by atoms with E-state index < -0.39 is 0 Å². The van der Waals surface area contributed by atoms with Crippen LogP contribution in [0.3, 0.4) is 0 Å². The minimum Gasteiger partial charge on any atom is -0.358 e. The van der Waals surface area contributed by atoms with Gasteiger partial charge >= 0.3 is 0 Å². The van der Waals surface area contributed by atoms with Crippen LogP contribution in [-0.2, 0) is 21.4 Å². The first kappa shape index (κ1) is 37.6. The van der Waals surface area contributed by atoms with E-state index in [1.54, 1.807) is 11.1 Å². The third kappa shape index (κ3) is 5.32. The second-order valence-electron chi connectivity index (χ2n) is 22.0. The summed E-state index contributed by atoms with van der Waals surface area (Å²) in [6.45, 7) is 9.89. The zero-order valence-electron chi connectivity index (χ0n) is 37.1. The van der Waals surface area contributed by atoms with Gasteiger partial charge in [0.25, 0.3) is 0 Å². The van der Waals surface area contributed by atoms with Crippen molar-refractivity contribution in [2.75, 3.05) is 4.90 Å². The molecule has 6 bridgehead atoms. The number of nitrogens with zero attached hydrogens (tertiary/aromatic N) is 1. The van der Waals surface area contributed by atoms with E-state index in [0.29, 0.717) is 23.7 Å². The van der Waals surface area contributed by atoms with Crippen LogP contribution in [0, 0.1) is 47.3 Å². The van der Waals surface area contributed by atoms with Gasteiger partial charge in [0.2, 0.25) is 0 Å². The molecule has 14 rings (SSSR count). The van der Waals surface area contributed by atoms with Gasteiger partial charge in [0.1, 0.15) is 11.2 Å². The first-order valence-electron chi connectivity index (χ1n) is 24.3. The largest absolute Gasteiger partial charge is 0.358 e. The van der Waals surface area contributed by atoms with Gasteiger partial charge in [-0.3, -0.25) is 0 Å². The molecule has 1 aliphatic heterocycles. The summed E-state index contributed by atoms with van der Waals surface area (Å²) in [6.07, 6.45) is 12.3. The number of hydrogen-bond donors (Lipinski definition) is 0. The summed E-state index contributed by atoms with van der Waals surface area (Å²) < 4.78 is 8.26. The number of ether oxygens (including phenoxy) is 1. The van der Waals surface area contributed by atoms with Crippen LogP contribution in [0.5, 0.6) is 0 Å². The van der Waals surface area contributed by atoms with Crippen LogP contribution >= 0.6 is 0 Å². The van der Waals surface area contributed by atoms with Crippen molar-refractivity contribution in [2.45, 2.75) is 102 Å². The van der Waals surface area contributed by atoms with Crippen LogP contribution in [0.25, 0.3) is 33.4 Å². The molecule has 2 nitrogen and oxygen atoms in total. The Balaban J connectivity index is 0.960. The summed E-state index contributed by atoms with van der Waals surface area (Å²) in [5, 5.41) is 0. The highest BCUT2D eigenvalue weighted by Gasteiger charge is 2.69. The maximum atomic E-state index is 8.26. The van der Waals surface area contributed by atoms with Gasteiger partial charge in [-0.15, -0.1) is 0 Å². The minimum absolute atomic E-state index is 0.0924. The Morgan fingerprint density at radius 3 is 1.73 bits per heavy atom. The van der Waals surface area contributed by atoms with Crippen LogP contribution < -0.4 is 4.90 Å². The van der Waals surface area contributed by atoms with Crippen molar-refractivity contribution < 1.29 is 4.74 Å². The molecule has 0 amide bonds. The summed E-state index contributed by atoms with van der Waals surface area (Å²) in [7, 11) is 0. The highest BCUT2D eigenvalue weighted by Crippen LogP contribution is 2.72. The van der Waals surface area contributed by atoms with Crippen molar-refractivity contribution in [1.29, 1.82) is 0 Å². The van der Waals surface area contributed by atoms with Crippen molar-refractivity contribution in [3.63, 3.8) is 0 Å². The lowest BCUT2D eigenvalue weighted by Crippen LogP contribution is -2.58. The Morgan fingerprint density at radius 1 is 0.419 bits per heavy atom. The van der Waals surface area contributed by atoms with E-state index in [1.165, 1.54) is 119 Å². The lowest BCUT2D eigenvalue weighted by molar-refractivity contribution is -0.290. The Labute approximate surface area is 369 Å². The molecular formula is C60H61NO. The standard InChI is InChI=1S/C60H61NO/c1-37-24-39-26-38(2)59(46(25-37)28-39)57-35-45(20-23-55(57)60(62-59)47-29-40-27-41(31-47)32-48(60)30-40)44-15-11-17-50(34-44)61(49-16-10-14-43(33-49)42-12-6-5-7-13-42)51-21-22-53-52-18-8-9-19-54(52)58(3,4)56(53)36-51/h5-23,33-41,46-48H,24-32H2,1-4H3. The molecule has 6 saturated carbocycles. The van der Waals surface area contributed by atoms with E-state index >= 15 is 0 Å². The topological polar surface area (TPSA) is 12.5 Å². The Kier molecular flexibility index (Phi) is 8.22.